The van der Waals surface area contributed by atoms with Crippen molar-refractivity contribution >= 4 is 25.6 Å². The predicted molar refractivity (Wildman–Crippen MR) is 80.6 cm³/mol. The molecule has 0 aromatic heterocycles. The second-order valence-electron chi connectivity index (χ2n) is 4.78. The maximum Gasteiger partial charge on any atom is 0.262 e. The summed E-state index contributed by atoms with van der Waals surface area (Å²) in [6.07, 6.45) is 1.60. The minimum atomic E-state index is -3.97. The Morgan fingerprint density at radius 3 is 2.50 bits per heavy atom. The Kier molecular flexibility index (Phi) is 5.36. The van der Waals surface area contributed by atoms with Crippen LogP contribution in [-0.2, 0) is 9.05 Å². The highest BCUT2D eigenvalue weighted by Gasteiger charge is 2.25. The maximum absolute atomic E-state index is 12.6. The number of rotatable bonds is 5. The summed E-state index contributed by atoms with van der Waals surface area (Å²) in [6, 6.07) is 4.43. The highest BCUT2D eigenvalue weighted by molar-refractivity contribution is 8.13. The molecule has 20 heavy (non-hydrogen) atoms. The highest BCUT2D eigenvalue weighted by Crippen LogP contribution is 2.23. The zero-order valence-electron chi connectivity index (χ0n) is 11.8. The van der Waals surface area contributed by atoms with E-state index in [0.29, 0.717) is 6.54 Å². The molecule has 0 saturated carbocycles. The van der Waals surface area contributed by atoms with E-state index in [1.54, 1.807) is 19.1 Å². The van der Waals surface area contributed by atoms with Crippen molar-refractivity contribution in [3.63, 3.8) is 0 Å². The molecule has 0 spiro atoms. The van der Waals surface area contributed by atoms with E-state index in [1.165, 1.54) is 17.0 Å². The molecule has 0 radical (unpaired) electrons. The molecule has 1 rings (SSSR count). The summed E-state index contributed by atoms with van der Waals surface area (Å²) >= 11 is 0. The van der Waals surface area contributed by atoms with Gasteiger partial charge in [-0.3, -0.25) is 4.79 Å². The highest BCUT2D eigenvalue weighted by atomic mass is 35.7. The lowest BCUT2D eigenvalue weighted by Gasteiger charge is -2.26. The van der Waals surface area contributed by atoms with Crippen molar-refractivity contribution in [2.75, 3.05) is 6.54 Å². The molecule has 110 valence electrons. The first kappa shape index (κ1) is 16.7. The van der Waals surface area contributed by atoms with Gasteiger partial charge in [-0.2, -0.15) is 0 Å². The van der Waals surface area contributed by atoms with Gasteiger partial charge in [-0.1, -0.05) is 17.7 Å². The monoisotopic (exact) mass is 315 g/mol. The minimum Gasteiger partial charge on any atom is -0.332 e. The van der Waals surface area contributed by atoms with Crippen LogP contribution in [0.1, 0.15) is 29.8 Å². The maximum atomic E-state index is 12.6. The third kappa shape index (κ3) is 3.84. The average Bonchev–Trinajstić information content (AvgIpc) is 2.33. The Hall–Kier alpha value is -1.33. The average molecular weight is 316 g/mol. The van der Waals surface area contributed by atoms with E-state index >= 15 is 0 Å². The molecule has 6 heteroatoms. The number of hydrogen-bond acceptors (Lipinski definition) is 3. The van der Waals surface area contributed by atoms with Crippen molar-refractivity contribution in [3.8, 4) is 0 Å². The Labute approximate surface area is 124 Å². The summed E-state index contributed by atoms with van der Waals surface area (Å²) in [5.41, 5.74) is 0.885. The van der Waals surface area contributed by atoms with Crippen molar-refractivity contribution in [2.24, 2.45) is 0 Å². The van der Waals surface area contributed by atoms with Crippen LogP contribution in [0.15, 0.2) is 35.7 Å². The van der Waals surface area contributed by atoms with Crippen LogP contribution < -0.4 is 0 Å². The van der Waals surface area contributed by atoms with Crippen LogP contribution in [0.25, 0.3) is 0 Å². The summed E-state index contributed by atoms with van der Waals surface area (Å²) in [7, 11) is 1.43. The second kappa shape index (κ2) is 6.41. The minimum absolute atomic E-state index is 0.0770. The number of aryl methyl sites for hydroxylation is 1. The lowest BCUT2D eigenvalue weighted by Crippen LogP contribution is -2.37. The molecule has 1 aromatic rings. The molecular formula is C14H18ClNO3S. The topological polar surface area (TPSA) is 54.5 Å². The first-order valence-corrected chi connectivity index (χ1v) is 8.46. The van der Waals surface area contributed by atoms with E-state index in [-0.39, 0.29) is 22.4 Å². The molecule has 0 aliphatic heterocycles. The summed E-state index contributed by atoms with van der Waals surface area (Å²) in [5.74, 6) is -0.372. The van der Waals surface area contributed by atoms with Crippen molar-refractivity contribution in [1.29, 1.82) is 0 Å². The Bertz CT molecular complexity index is 623. The van der Waals surface area contributed by atoms with E-state index in [9.17, 15) is 13.2 Å². The van der Waals surface area contributed by atoms with Crippen LogP contribution in [0.4, 0.5) is 0 Å². The molecular weight excluding hydrogens is 298 g/mol. The summed E-state index contributed by atoms with van der Waals surface area (Å²) < 4.78 is 23.2. The van der Waals surface area contributed by atoms with E-state index in [0.717, 1.165) is 5.56 Å². The number of benzene rings is 1. The molecule has 0 aliphatic carbocycles. The zero-order valence-corrected chi connectivity index (χ0v) is 13.3. The van der Waals surface area contributed by atoms with Gasteiger partial charge in [-0.15, -0.1) is 6.58 Å². The standard InChI is InChI=1S/C14H18ClNO3S/c1-5-8-16(10(2)3)14(17)12-9-11(4)6-7-13(12)20(15,18)19/h5-7,9-10H,1,8H2,2-4H3. The first-order valence-electron chi connectivity index (χ1n) is 6.15. The fraction of sp³-hybridized carbons (Fsp3) is 0.357. The summed E-state index contributed by atoms with van der Waals surface area (Å²) in [4.78, 5) is 13.9. The molecule has 0 atom stereocenters. The van der Waals surface area contributed by atoms with Gasteiger partial charge in [0.05, 0.1) is 10.5 Å². The number of amides is 1. The van der Waals surface area contributed by atoms with Crippen LogP contribution in [0, 0.1) is 6.92 Å². The van der Waals surface area contributed by atoms with Gasteiger partial charge >= 0.3 is 0 Å². The molecule has 0 fully saturated rings. The molecule has 1 amide bonds. The molecule has 0 saturated heterocycles. The number of carbonyl (C=O) groups excluding carboxylic acids is 1. The predicted octanol–water partition coefficient (Wildman–Crippen LogP) is 2.96. The molecule has 0 aliphatic rings. The lowest BCUT2D eigenvalue weighted by atomic mass is 10.1. The van der Waals surface area contributed by atoms with Gasteiger partial charge in [0.25, 0.3) is 15.0 Å². The Morgan fingerprint density at radius 1 is 1.45 bits per heavy atom. The first-order chi connectivity index (χ1) is 9.18. The van der Waals surface area contributed by atoms with Gasteiger partial charge in [-0.05, 0) is 32.9 Å². The van der Waals surface area contributed by atoms with E-state index in [2.05, 4.69) is 6.58 Å². The third-order valence-corrected chi connectivity index (χ3v) is 4.22. The van der Waals surface area contributed by atoms with Gasteiger partial charge in [0, 0.05) is 23.3 Å². The van der Waals surface area contributed by atoms with Gasteiger partial charge in [0.15, 0.2) is 0 Å². The number of hydrogen-bond donors (Lipinski definition) is 0. The number of carbonyl (C=O) groups is 1. The normalized spacial score (nSPS) is 11.4. The van der Waals surface area contributed by atoms with Gasteiger partial charge in [0.1, 0.15) is 0 Å². The molecule has 0 unspecified atom stereocenters. The fourth-order valence-electron chi connectivity index (χ4n) is 1.85. The molecule has 4 nitrogen and oxygen atoms in total. The van der Waals surface area contributed by atoms with Crippen molar-refractivity contribution < 1.29 is 13.2 Å². The Balaban J connectivity index is 3.40. The molecule has 0 N–H and O–H groups in total. The van der Waals surface area contributed by atoms with E-state index in [4.69, 9.17) is 10.7 Å². The van der Waals surface area contributed by atoms with E-state index in [1.807, 2.05) is 13.8 Å². The van der Waals surface area contributed by atoms with Crippen LogP contribution in [-0.4, -0.2) is 31.8 Å². The van der Waals surface area contributed by atoms with Crippen LogP contribution >= 0.6 is 10.7 Å². The quantitative estimate of drug-likeness (QED) is 0.620. The molecule has 0 bridgehead atoms. The van der Waals surface area contributed by atoms with Crippen molar-refractivity contribution in [3.05, 3.63) is 42.0 Å². The van der Waals surface area contributed by atoms with Crippen LogP contribution in [0.3, 0.4) is 0 Å². The second-order valence-corrected chi connectivity index (χ2v) is 7.31. The van der Waals surface area contributed by atoms with E-state index < -0.39 is 9.05 Å². The zero-order chi connectivity index (χ0) is 15.5. The number of halogens is 1. The summed E-state index contributed by atoms with van der Waals surface area (Å²) in [6.45, 7) is 9.44. The third-order valence-electron chi connectivity index (χ3n) is 2.84. The largest absolute Gasteiger partial charge is 0.332 e. The fourth-order valence-corrected chi connectivity index (χ4v) is 2.89. The van der Waals surface area contributed by atoms with Crippen LogP contribution in [0.2, 0.25) is 0 Å². The number of nitrogens with zero attached hydrogens (tertiary/aromatic N) is 1. The SMILES string of the molecule is C=CCN(C(=O)c1cc(C)ccc1S(=O)(=O)Cl)C(C)C. The molecule has 1 aromatic carbocycles. The van der Waals surface area contributed by atoms with Gasteiger partial charge in [0.2, 0.25) is 0 Å². The Morgan fingerprint density at radius 2 is 2.05 bits per heavy atom. The molecule has 0 heterocycles. The van der Waals surface area contributed by atoms with Crippen LogP contribution in [0.5, 0.6) is 0 Å². The lowest BCUT2D eigenvalue weighted by molar-refractivity contribution is 0.0725. The smallest absolute Gasteiger partial charge is 0.262 e. The van der Waals surface area contributed by atoms with Gasteiger partial charge in [-0.25, -0.2) is 8.42 Å². The van der Waals surface area contributed by atoms with Crippen molar-refractivity contribution in [2.45, 2.75) is 31.7 Å². The van der Waals surface area contributed by atoms with Gasteiger partial charge < -0.3 is 4.90 Å². The summed E-state index contributed by atoms with van der Waals surface area (Å²) in [5, 5.41) is 0. The van der Waals surface area contributed by atoms with Crippen molar-refractivity contribution in [1.82, 2.24) is 4.90 Å².